The first-order valence-corrected chi connectivity index (χ1v) is 5.90. The summed E-state index contributed by atoms with van der Waals surface area (Å²) in [6.07, 6.45) is 0. The van der Waals surface area contributed by atoms with Gasteiger partial charge in [-0.25, -0.2) is 5.06 Å². The Hall–Kier alpha value is -1.03. The summed E-state index contributed by atoms with van der Waals surface area (Å²) in [4.78, 5) is 15.9. The number of carbonyl (C=O) groups is 1. The molecule has 0 heterocycles. The average Bonchev–Trinajstić information content (AvgIpc) is 2.26. The highest BCUT2D eigenvalue weighted by atomic mass is 79.9. The highest BCUT2D eigenvalue weighted by Gasteiger charge is 2.06. The van der Waals surface area contributed by atoms with Crippen LogP contribution in [0.4, 0.5) is 5.69 Å². The molecule has 1 rings (SSSR count). The molecule has 0 atom stereocenters. The summed E-state index contributed by atoms with van der Waals surface area (Å²) in [7, 11) is 0. The first kappa shape index (κ1) is 12.0. The van der Waals surface area contributed by atoms with Crippen molar-refractivity contribution in [3.63, 3.8) is 0 Å². The second-order valence-electron chi connectivity index (χ2n) is 3.08. The first-order valence-electron chi connectivity index (χ1n) is 4.78. The van der Waals surface area contributed by atoms with Gasteiger partial charge in [0.1, 0.15) is 0 Å². The molecule has 0 radical (unpaired) electrons. The van der Waals surface area contributed by atoms with E-state index in [1.54, 1.807) is 5.06 Å². The lowest BCUT2D eigenvalue weighted by molar-refractivity contribution is -0.142. The van der Waals surface area contributed by atoms with Gasteiger partial charge in [-0.1, -0.05) is 28.1 Å². The Morgan fingerprint density at radius 1 is 1.40 bits per heavy atom. The number of hydrogen-bond donors (Lipinski definition) is 0. The largest absolute Gasteiger partial charge is 0.341 e. The van der Waals surface area contributed by atoms with Crippen molar-refractivity contribution in [3.05, 3.63) is 29.8 Å². The molecule has 0 bridgehead atoms. The Balaban J connectivity index is 2.78. The van der Waals surface area contributed by atoms with E-state index in [0.717, 1.165) is 11.0 Å². The van der Waals surface area contributed by atoms with Crippen LogP contribution < -0.4 is 5.06 Å². The second-order valence-corrected chi connectivity index (χ2v) is 3.64. The second kappa shape index (κ2) is 5.75. The molecule has 0 aliphatic rings. The van der Waals surface area contributed by atoms with E-state index in [2.05, 4.69) is 15.9 Å². The first-order chi connectivity index (χ1) is 7.17. The topological polar surface area (TPSA) is 29.5 Å². The number of hydroxylamine groups is 1. The van der Waals surface area contributed by atoms with Gasteiger partial charge in [-0.15, -0.1) is 0 Å². The summed E-state index contributed by atoms with van der Waals surface area (Å²) >= 11 is 3.38. The fraction of sp³-hybridized carbons (Fsp3) is 0.364. The minimum Gasteiger partial charge on any atom is -0.341 e. The van der Waals surface area contributed by atoms with Crippen molar-refractivity contribution in [1.29, 1.82) is 0 Å². The van der Waals surface area contributed by atoms with Gasteiger partial charge in [0.05, 0.1) is 12.2 Å². The maximum Gasteiger partial charge on any atom is 0.329 e. The summed E-state index contributed by atoms with van der Waals surface area (Å²) in [6, 6.07) is 7.86. The van der Waals surface area contributed by atoms with Crippen LogP contribution in [0.5, 0.6) is 0 Å². The maximum absolute atomic E-state index is 10.8. The zero-order valence-electron chi connectivity index (χ0n) is 8.87. The Morgan fingerprint density at radius 3 is 2.40 bits per heavy atom. The summed E-state index contributed by atoms with van der Waals surface area (Å²) in [6.45, 7) is 3.96. The number of rotatable bonds is 4. The quantitative estimate of drug-likeness (QED) is 0.623. The highest BCUT2D eigenvalue weighted by Crippen LogP contribution is 2.16. The smallest absolute Gasteiger partial charge is 0.329 e. The van der Waals surface area contributed by atoms with Crippen molar-refractivity contribution in [1.82, 2.24) is 0 Å². The molecule has 15 heavy (non-hydrogen) atoms. The normalized spacial score (nSPS) is 9.80. The Morgan fingerprint density at radius 2 is 2.00 bits per heavy atom. The molecule has 0 N–H and O–H groups in total. The highest BCUT2D eigenvalue weighted by molar-refractivity contribution is 9.08. The van der Waals surface area contributed by atoms with E-state index in [1.165, 1.54) is 12.5 Å². The number of nitrogens with zero attached hydrogens (tertiary/aromatic N) is 1. The predicted molar refractivity (Wildman–Crippen MR) is 63.9 cm³/mol. The van der Waals surface area contributed by atoms with Crippen molar-refractivity contribution in [2.75, 3.05) is 11.6 Å². The van der Waals surface area contributed by atoms with E-state index in [0.29, 0.717) is 6.54 Å². The third-order valence-corrected chi connectivity index (χ3v) is 2.55. The van der Waals surface area contributed by atoms with Crippen LogP contribution in [0.15, 0.2) is 24.3 Å². The van der Waals surface area contributed by atoms with Gasteiger partial charge in [-0.2, -0.15) is 0 Å². The van der Waals surface area contributed by atoms with Gasteiger partial charge in [0.25, 0.3) is 0 Å². The molecular weight excluding hydrogens is 258 g/mol. The van der Waals surface area contributed by atoms with Crippen molar-refractivity contribution in [2.45, 2.75) is 19.2 Å². The fourth-order valence-electron chi connectivity index (χ4n) is 1.21. The number of alkyl halides is 1. The molecule has 0 fully saturated rings. The van der Waals surface area contributed by atoms with E-state index in [-0.39, 0.29) is 5.97 Å². The van der Waals surface area contributed by atoms with Crippen molar-refractivity contribution in [2.24, 2.45) is 0 Å². The number of benzene rings is 1. The van der Waals surface area contributed by atoms with Gasteiger partial charge in [0, 0.05) is 12.3 Å². The van der Waals surface area contributed by atoms with Crippen LogP contribution in [-0.2, 0) is 15.0 Å². The molecule has 0 aliphatic heterocycles. The molecule has 1 aromatic rings. The van der Waals surface area contributed by atoms with Crippen LogP contribution in [0.3, 0.4) is 0 Å². The molecule has 1 aromatic carbocycles. The zero-order valence-corrected chi connectivity index (χ0v) is 10.5. The summed E-state index contributed by atoms with van der Waals surface area (Å²) in [5, 5.41) is 2.40. The van der Waals surface area contributed by atoms with Gasteiger partial charge < -0.3 is 4.84 Å². The van der Waals surface area contributed by atoms with Gasteiger partial charge in [-0.05, 0) is 24.6 Å². The molecule has 0 aliphatic carbocycles. The summed E-state index contributed by atoms with van der Waals surface area (Å²) < 4.78 is 0. The molecule has 0 saturated carbocycles. The minimum atomic E-state index is -0.304. The molecular formula is C11H14BrNO2. The van der Waals surface area contributed by atoms with Crippen LogP contribution in [-0.4, -0.2) is 12.5 Å². The van der Waals surface area contributed by atoms with Crippen LogP contribution in [0.2, 0.25) is 0 Å². The number of carbonyl (C=O) groups excluding carboxylic acids is 1. The van der Waals surface area contributed by atoms with Gasteiger partial charge in [0.15, 0.2) is 0 Å². The molecule has 0 spiro atoms. The fourth-order valence-corrected chi connectivity index (χ4v) is 1.58. The lowest BCUT2D eigenvalue weighted by Crippen LogP contribution is -2.25. The van der Waals surface area contributed by atoms with Crippen molar-refractivity contribution >= 4 is 27.6 Å². The van der Waals surface area contributed by atoms with Gasteiger partial charge in [-0.3, -0.25) is 4.79 Å². The number of hydrogen-bond acceptors (Lipinski definition) is 3. The van der Waals surface area contributed by atoms with Crippen LogP contribution in [0.25, 0.3) is 0 Å². The Labute approximate surface area is 98.1 Å². The third-order valence-electron chi connectivity index (χ3n) is 1.90. The number of anilines is 1. The third kappa shape index (κ3) is 3.55. The monoisotopic (exact) mass is 271 g/mol. The standard InChI is InChI=1S/C11H14BrNO2/c1-3-13(15-9(2)14)11-6-4-10(8-12)5-7-11/h4-7H,3,8H2,1-2H3. The van der Waals surface area contributed by atoms with Crippen LogP contribution >= 0.6 is 15.9 Å². The molecule has 3 nitrogen and oxygen atoms in total. The van der Waals surface area contributed by atoms with E-state index in [4.69, 9.17) is 4.84 Å². The van der Waals surface area contributed by atoms with Crippen LogP contribution in [0.1, 0.15) is 19.4 Å². The predicted octanol–water partition coefficient (Wildman–Crippen LogP) is 2.89. The summed E-state index contributed by atoms with van der Waals surface area (Å²) in [5.74, 6) is -0.304. The number of halogens is 1. The van der Waals surface area contributed by atoms with E-state index in [9.17, 15) is 4.79 Å². The molecule has 4 heteroatoms. The van der Waals surface area contributed by atoms with E-state index in [1.807, 2.05) is 31.2 Å². The van der Waals surface area contributed by atoms with Crippen molar-refractivity contribution < 1.29 is 9.63 Å². The maximum atomic E-state index is 10.8. The SMILES string of the molecule is CCN(OC(C)=O)c1ccc(CBr)cc1. The lowest BCUT2D eigenvalue weighted by atomic mass is 10.2. The Kier molecular flexibility index (Phi) is 4.62. The zero-order chi connectivity index (χ0) is 11.3. The van der Waals surface area contributed by atoms with E-state index >= 15 is 0 Å². The minimum absolute atomic E-state index is 0.304. The molecule has 0 aromatic heterocycles. The van der Waals surface area contributed by atoms with Crippen molar-refractivity contribution in [3.8, 4) is 0 Å². The summed E-state index contributed by atoms with van der Waals surface area (Å²) in [5.41, 5.74) is 2.08. The molecule has 0 saturated heterocycles. The average molecular weight is 272 g/mol. The molecule has 0 amide bonds. The van der Waals surface area contributed by atoms with Crippen LogP contribution in [0, 0.1) is 0 Å². The molecule has 0 unspecified atom stereocenters. The van der Waals surface area contributed by atoms with Gasteiger partial charge >= 0.3 is 5.97 Å². The molecule has 82 valence electrons. The Bertz CT molecular complexity index is 324. The van der Waals surface area contributed by atoms with Gasteiger partial charge in [0.2, 0.25) is 0 Å². The van der Waals surface area contributed by atoms with E-state index < -0.39 is 0 Å². The lowest BCUT2D eigenvalue weighted by Gasteiger charge is -2.20.